The zero-order chi connectivity index (χ0) is 15.8. The first-order valence-electron chi connectivity index (χ1n) is 7.61. The third-order valence-corrected chi connectivity index (χ3v) is 4.34. The fraction of sp³-hybridized carbons (Fsp3) is 0.533. The standard InChI is InChI=1S/C15H24N6S.HI/c1-4-16-15(18-9-11-21-10-5-7-19-21)17-8-6-14-20-12(2)13(3)22-14;/h5,7,10H,4,6,8-9,11H2,1-3H3,(H2,16,17,18);1H. The van der Waals surface area contributed by atoms with Gasteiger partial charge in [0, 0.05) is 43.3 Å². The molecule has 0 aliphatic heterocycles. The molecule has 2 rings (SSSR count). The lowest BCUT2D eigenvalue weighted by Crippen LogP contribution is -2.39. The first-order chi connectivity index (χ1) is 10.7. The fourth-order valence-electron chi connectivity index (χ4n) is 1.97. The topological polar surface area (TPSA) is 67.1 Å². The third kappa shape index (κ3) is 6.86. The molecule has 0 fully saturated rings. The first-order valence-corrected chi connectivity index (χ1v) is 8.43. The number of halogens is 1. The van der Waals surface area contributed by atoms with Crippen LogP contribution >= 0.6 is 35.3 Å². The minimum atomic E-state index is 0. The highest BCUT2D eigenvalue weighted by Crippen LogP contribution is 2.16. The molecule has 0 bridgehead atoms. The molecule has 2 N–H and O–H groups in total. The van der Waals surface area contributed by atoms with Crippen LogP contribution in [-0.2, 0) is 13.0 Å². The maximum Gasteiger partial charge on any atom is 0.191 e. The minimum absolute atomic E-state index is 0. The van der Waals surface area contributed by atoms with E-state index in [1.165, 1.54) is 4.88 Å². The number of hydrogen-bond acceptors (Lipinski definition) is 4. The van der Waals surface area contributed by atoms with Crippen LogP contribution in [0, 0.1) is 13.8 Å². The van der Waals surface area contributed by atoms with Crippen molar-refractivity contribution in [3.63, 3.8) is 0 Å². The molecule has 0 amide bonds. The van der Waals surface area contributed by atoms with Crippen LogP contribution in [0.4, 0.5) is 0 Å². The Labute approximate surface area is 158 Å². The summed E-state index contributed by atoms with van der Waals surface area (Å²) >= 11 is 1.76. The molecule has 23 heavy (non-hydrogen) atoms. The zero-order valence-corrected chi connectivity index (χ0v) is 17.0. The van der Waals surface area contributed by atoms with Crippen LogP contribution in [0.5, 0.6) is 0 Å². The second-order valence-corrected chi connectivity index (χ2v) is 6.24. The van der Waals surface area contributed by atoms with Crippen molar-refractivity contribution in [1.29, 1.82) is 0 Å². The second-order valence-electron chi connectivity index (χ2n) is 4.96. The van der Waals surface area contributed by atoms with Gasteiger partial charge in [0.25, 0.3) is 0 Å². The summed E-state index contributed by atoms with van der Waals surface area (Å²) in [5, 5.41) is 11.9. The van der Waals surface area contributed by atoms with Gasteiger partial charge in [0.1, 0.15) is 0 Å². The number of rotatable bonds is 7. The molecule has 0 saturated carbocycles. The molecule has 0 spiro atoms. The summed E-state index contributed by atoms with van der Waals surface area (Å²) < 4.78 is 1.90. The number of thiazole rings is 1. The average molecular weight is 448 g/mol. The molecular formula is C15H25IN6S. The Balaban J connectivity index is 0.00000264. The van der Waals surface area contributed by atoms with E-state index in [4.69, 9.17) is 0 Å². The summed E-state index contributed by atoms with van der Waals surface area (Å²) in [4.78, 5) is 10.4. The van der Waals surface area contributed by atoms with Crippen LogP contribution in [0.1, 0.15) is 22.5 Å². The molecule has 0 aromatic carbocycles. The highest BCUT2D eigenvalue weighted by atomic mass is 127. The monoisotopic (exact) mass is 448 g/mol. The van der Waals surface area contributed by atoms with Crippen LogP contribution in [0.3, 0.4) is 0 Å². The fourth-order valence-corrected chi connectivity index (χ4v) is 2.90. The van der Waals surface area contributed by atoms with Crippen molar-refractivity contribution in [1.82, 2.24) is 25.4 Å². The van der Waals surface area contributed by atoms with Crippen molar-refractivity contribution in [2.75, 3.05) is 19.6 Å². The number of nitrogens with zero attached hydrogens (tertiary/aromatic N) is 4. The number of hydrogen-bond donors (Lipinski definition) is 2. The van der Waals surface area contributed by atoms with Crippen LogP contribution in [0.15, 0.2) is 23.5 Å². The summed E-state index contributed by atoms with van der Waals surface area (Å²) in [6.45, 7) is 9.44. The van der Waals surface area contributed by atoms with E-state index in [2.05, 4.69) is 46.5 Å². The van der Waals surface area contributed by atoms with Gasteiger partial charge in [0.15, 0.2) is 5.96 Å². The SMILES string of the molecule is CCNC(=NCCc1nc(C)c(C)s1)NCCn1cccn1.I. The number of aryl methyl sites for hydroxylation is 2. The van der Waals surface area contributed by atoms with Crippen LogP contribution < -0.4 is 10.6 Å². The van der Waals surface area contributed by atoms with Gasteiger partial charge >= 0.3 is 0 Å². The van der Waals surface area contributed by atoms with Gasteiger partial charge in [-0.2, -0.15) is 5.10 Å². The lowest BCUT2D eigenvalue weighted by atomic mass is 10.4. The zero-order valence-electron chi connectivity index (χ0n) is 13.9. The lowest BCUT2D eigenvalue weighted by Gasteiger charge is -2.11. The van der Waals surface area contributed by atoms with Gasteiger partial charge < -0.3 is 10.6 Å². The van der Waals surface area contributed by atoms with Crippen LogP contribution in [-0.4, -0.2) is 40.4 Å². The molecule has 6 nitrogen and oxygen atoms in total. The van der Waals surface area contributed by atoms with Crippen molar-refractivity contribution in [3.05, 3.63) is 34.0 Å². The molecule has 0 atom stereocenters. The summed E-state index contributed by atoms with van der Waals surface area (Å²) in [5.74, 6) is 0.847. The molecular weight excluding hydrogens is 423 g/mol. The van der Waals surface area contributed by atoms with E-state index in [1.54, 1.807) is 17.5 Å². The Morgan fingerprint density at radius 3 is 2.78 bits per heavy atom. The minimum Gasteiger partial charge on any atom is -0.357 e. The van der Waals surface area contributed by atoms with Gasteiger partial charge in [-0.3, -0.25) is 9.67 Å². The maximum absolute atomic E-state index is 4.60. The lowest BCUT2D eigenvalue weighted by molar-refractivity contribution is 0.598. The molecule has 2 aromatic heterocycles. The number of nitrogens with one attached hydrogen (secondary N) is 2. The van der Waals surface area contributed by atoms with E-state index in [-0.39, 0.29) is 24.0 Å². The van der Waals surface area contributed by atoms with Crippen LogP contribution in [0.25, 0.3) is 0 Å². The van der Waals surface area contributed by atoms with E-state index in [1.807, 2.05) is 16.9 Å². The summed E-state index contributed by atoms with van der Waals surface area (Å²) in [7, 11) is 0. The number of aromatic nitrogens is 3. The molecule has 0 aliphatic carbocycles. The molecule has 2 aromatic rings. The Kier molecular flexibility index (Phi) is 9.15. The second kappa shape index (κ2) is 10.6. The van der Waals surface area contributed by atoms with Crippen molar-refractivity contribution in [3.8, 4) is 0 Å². The highest BCUT2D eigenvalue weighted by Gasteiger charge is 2.03. The quantitative estimate of drug-likeness (QED) is 0.388. The normalized spacial score (nSPS) is 11.2. The third-order valence-electron chi connectivity index (χ3n) is 3.21. The van der Waals surface area contributed by atoms with Gasteiger partial charge in [-0.25, -0.2) is 4.98 Å². The molecule has 0 aliphatic rings. The van der Waals surface area contributed by atoms with Gasteiger partial charge in [0.2, 0.25) is 0 Å². The van der Waals surface area contributed by atoms with Gasteiger partial charge in [-0.05, 0) is 26.8 Å². The summed E-state index contributed by atoms with van der Waals surface area (Å²) in [5.41, 5.74) is 1.13. The highest BCUT2D eigenvalue weighted by molar-refractivity contribution is 14.0. The van der Waals surface area contributed by atoms with E-state index < -0.39 is 0 Å². The average Bonchev–Trinajstić information content (AvgIpc) is 3.10. The largest absolute Gasteiger partial charge is 0.357 e. The molecule has 8 heteroatoms. The van der Waals surface area contributed by atoms with Crippen molar-refractivity contribution < 1.29 is 0 Å². The molecule has 0 unspecified atom stereocenters. The smallest absolute Gasteiger partial charge is 0.191 e. The Morgan fingerprint density at radius 1 is 1.35 bits per heavy atom. The summed E-state index contributed by atoms with van der Waals surface area (Å²) in [6.07, 6.45) is 4.63. The molecule has 128 valence electrons. The van der Waals surface area contributed by atoms with E-state index in [0.717, 1.165) is 49.3 Å². The van der Waals surface area contributed by atoms with Crippen molar-refractivity contribution in [2.45, 2.75) is 33.7 Å². The first kappa shape index (κ1) is 19.9. The predicted molar refractivity (Wildman–Crippen MR) is 107 cm³/mol. The van der Waals surface area contributed by atoms with Gasteiger partial charge in [-0.15, -0.1) is 35.3 Å². The van der Waals surface area contributed by atoms with Gasteiger partial charge in [-0.1, -0.05) is 0 Å². The number of guanidine groups is 1. The molecule has 0 saturated heterocycles. The molecule has 0 radical (unpaired) electrons. The van der Waals surface area contributed by atoms with E-state index >= 15 is 0 Å². The molecule has 2 heterocycles. The Morgan fingerprint density at radius 2 is 2.17 bits per heavy atom. The van der Waals surface area contributed by atoms with Crippen LogP contribution in [0.2, 0.25) is 0 Å². The summed E-state index contributed by atoms with van der Waals surface area (Å²) in [6, 6.07) is 1.93. The van der Waals surface area contributed by atoms with E-state index in [0.29, 0.717) is 0 Å². The Hall–Kier alpha value is -1.16. The Bertz CT molecular complexity index is 574. The van der Waals surface area contributed by atoms with Crippen molar-refractivity contribution >= 4 is 41.3 Å². The van der Waals surface area contributed by atoms with Crippen molar-refractivity contribution in [2.24, 2.45) is 4.99 Å². The maximum atomic E-state index is 4.60. The predicted octanol–water partition coefficient (Wildman–Crippen LogP) is 2.37. The van der Waals surface area contributed by atoms with E-state index in [9.17, 15) is 0 Å². The number of aliphatic imine (C=N–C) groups is 1. The van der Waals surface area contributed by atoms with Gasteiger partial charge in [0.05, 0.1) is 17.2 Å².